The molecule has 1 aliphatic heterocycles. The topological polar surface area (TPSA) is 72.8 Å². The standard InChI is InChI=1S/C26H40NO5.BrH/c1-3-4-5-11-18-31-24(28)20-27(2)17-16-23(19-27)32-25(29)26(30,22-14-9-10-15-22)21-12-7-6-8-13-21;/h6-8,12-13,22-23,30H,3-5,9-11,14-20H2,1-2H3;1H/q+1;/p-1/t23-,26+,27+;/m1./s1. The lowest BCUT2D eigenvalue weighted by Crippen LogP contribution is -3.00. The fourth-order valence-electron chi connectivity index (χ4n) is 5.24. The zero-order chi connectivity index (χ0) is 23.0. The number of carbonyl (C=O) groups is 2. The van der Waals surface area contributed by atoms with Crippen molar-refractivity contribution < 1.29 is 45.6 Å². The third kappa shape index (κ3) is 7.27. The van der Waals surface area contributed by atoms with E-state index in [1.165, 1.54) is 0 Å². The van der Waals surface area contributed by atoms with Crippen molar-refractivity contribution >= 4 is 11.9 Å². The van der Waals surface area contributed by atoms with Crippen LogP contribution in [0.1, 0.15) is 70.3 Å². The van der Waals surface area contributed by atoms with E-state index >= 15 is 0 Å². The molecule has 1 aromatic rings. The number of nitrogens with zero attached hydrogens (tertiary/aromatic N) is 1. The Hall–Kier alpha value is -1.44. The molecule has 3 atom stereocenters. The normalized spacial score (nSPS) is 24.6. The van der Waals surface area contributed by atoms with Gasteiger partial charge in [0.05, 0.1) is 20.2 Å². The van der Waals surface area contributed by atoms with E-state index in [-0.39, 0.29) is 41.5 Å². The van der Waals surface area contributed by atoms with Crippen LogP contribution in [-0.2, 0) is 24.7 Å². The Morgan fingerprint density at radius 3 is 2.45 bits per heavy atom. The van der Waals surface area contributed by atoms with Crippen molar-refractivity contribution in [1.29, 1.82) is 0 Å². The minimum absolute atomic E-state index is 0. The molecule has 2 fully saturated rings. The van der Waals surface area contributed by atoms with Crippen LogP contribution in [-0.4, -0.2) is 60.9 Å². The number of halogens is 1. The highest BCUT2D eigenvalue weighted by Crippen LogP contribution is 2.42. The smallest absolute Gasteiger partial charge is 0.361 e. The molecule has 1 saturated carbocycles. The van der Waals surface area contributed by atoms with E-state index in [4.69, 9.17) is 9.47 Å². The molecule has 0 amide bonds. The lowest BCUT2D eigenvalue weighted by Gasteiger charge is -2.33. The number of hydrogen-bond acceptors (Lipinski definition) is 5. The lowest BCUT2D eigenvalue weighted by atomic mass is 9.80. The van der Waals surface area contributed by atoms with Gasteiger partial charge in [-0.1, -0.05) is 69.4 Å². The minimum atomic E-state index is -1.61. The molecule has 33 heavy (non-hydrogen) atoms. The first-order chi connectivity index (χ1) is 15.4. The number of ether oxygens (including phenoxy) is 2. The van der Waals surface area contributed by atoms with E-state index in [0.717, 1.165) is 57.9 Å². The van der Waals surface area contributed by atoms with Crippen LogP contribution in [0, 0.1) is 5.92 Å². The summed E-state index contributed by atoms with van der Waals surface area (Å²) in [7, 11) is 2.01. The summed E-state index contributed by atoms with van der Waals surface area (Å²) < 4.78 is 11.8. The van der Waals surface area contributed by atoms with E-state index in [1.54, 1.807) is 0 Å². The molecule has 6 nitrogen and oxygen atoms in total. The molecule has 1 aliphatic carbocycles. The van der Waals surface area contributed by atoms with Gasteiger partial charge in [0, 0.05) is 12.3 Å². The van der Waals surface area contributed by atoms with Crippen LogP contribution >= 0.6 is 0 Å². The van der Waals surface area contributed by atoms with Gasteiger partial charge in [-0.05, 0) is 24.8 Å². The maximum Gasteiger partial charge on any atom is 0.361 e. The Labute approximate surface area is 209 Å². The van der Waals surface area contributed by atoms with Gasteiger partial charge in [-0.25, -0.2) is 9.59 Å². The molecule has 2 aliphatic rings. The van der Waals surface area contributed by atoms with Crippen molar-refractivity contribution in [2.45, 2.75) is 76.4 Å². The second-order valence-electron chi connectivity index (χ2n) is 9.89. The Balaban J connectivity index is 0.00000385. The Morgan fingerprint density at radius 1 is 1.09 bits per heavy atom. The van der Waals surface area contributed by atoms with Crippen LogP contribution in [0.4, 0.5) is 0 Å². The van der Waals surface area contributed by atoms with Crippen LogP contribution in [0.2, 0.25) is 0 Å². The highest BCUT2D eigenvalue weighted by atomic mass is 79.9. The molecule has 7 heteroatoms. The predicted octanol–water partition coefficient (Wildman–Crippen LogP) is 0.954. The number of likely N-dealkylation sites (tertiary alicyclic amines) is 1. The number of quaternary nitrogens is 1. The molecule has 1 N–H and O–H groups in total. The Morgan fingerprint density at radius 2 is 1.79 bits per heavy atom. The van der Waals surface area contributed by atoms with E-state index in [1.807, 2.05) is 37.4 Å². The summed E-state index contributed by atoms with van der Waals surface area (Å²) in [5, 5.41) is 11.6. The quantitative estimate of drug-likeness (QED) is 0.264. The number of hydrogen-bond donors (Lipinski definition) is 1. The summed E-state index contributed by atoms with van der Waals surface area (Å²) in [5.41, 5.74) is -1.000. The molecule has 0 spiro atoms. The van der Waals surface area contributed by atoms with Crippen LogP contribution < -0.4 is 17.0 Å². The molecule has 1 heterocycles. The highest BCUT2D eigenvalue weighted by Gasteiger charge is 2.50. The molecule has 1 aromatic carbocycles. The van der Waals surface area contributed by atoms with Crippen molar-refractivity contribution in [3.63, 3.8) is 0 Å². The fraction of sp³-hybridized carbons (Fsp3) is 0.692. The average molecular weight is 527 g/mol. The van der Waals surface area contributed by atoms with Gasteiger partial charge in [-0.2, -0.15) is 0 Å². The van der Waals surface area contributed by atoms with Crippen LogP contribution in [0.25, 0.3) is 0 Å². The number of aliphatic hydroxyl groups is 1. The number of likely N-dealkylation sites (N-methyl/N-ethyl adjacent to an activating group) is 1. The molecular formula is C26H40BrNO5. The number of esters is 2. The Bertz CT molecular complexity index is 754. The largest absolute Gasteiger partial charge is 1.00 e. The number of unbranched alkanes of at least 4 members (excludes halogenated alkanes) is 3. The maximum absolute atomic E-state index is 13.3. The zero-order valence-electron chi connectivity index (χ0n) is 20.1. The highest BCUT2D eigenvalue weighted by molar-refractivity contribution is 5.81. The molecule has 186 valence electrons. The zero-order valence-corrected chi connectivity index (χ0v) is 21.7. The number of rotatable bonds is 11. The summed E-state index contributed by atoms with van der Waals surface area (Å²) in [6.45, 7) is 4.22. The molecular weight excluding hydrogens is 486 g/mol. The van der Waals surface area contributed by atoms with Gasteiger partial charge in [-0.15, -0.1) is 0 Å². The second kappa shape index (κ2) is 12.9. The van der Waals surface area contributed by atoms with E-state index in [2.05, 4.69) is 6.92 Å². The summed E-state index contributed by atoms with van der Waals surface area (Å²) in [6, 6.07) is 9.20. The van der Waals surface area contributed by atoms with Gasteiger partial charge in [0.25, 0.3) is 0 Å². The van der Waals surface area contributed by atoms with Gasteiger partial charge in [-0.3, -0.25) is 0 Å². The predicted molar refractivity (Wildman–Crippen MR) is 123 cm³/mol. The lowest BCUT2D eigenvalue weighted by molar-refractivity contribution is -0.891. The third-order valence-corrected chi connectivity index (χ3v) is 7.15. The summed E-state index contributed by atoms with van der Waals surface area (Å²) in [6.07, 6.45) is 8.37. The van der Waals surface area contributed by atoms with Crippen molar-refractivity contribution in [1.82, 2.24) is 0 Å². The first kappa shape index (κ1) is 27.8. The Kier molecular flexibility index (Phi) is 10.8. The van der Waals surface area contributed by atoms with Crippen LogP contribution in [0.3, 0.4) is 0 Å². The molecule has 3 rings (SSSR count). The van der Waals surface area contributed by atoms with E-state index < -0.39 is 11.6 Å². The molecule has 0 aromatic heterocycles. The summed E-state index contributed by atoms with van der Waals surface area (Å²) in [5.74, 6) is -0.863. The van der Waals surface area contributed by atoms with Gasteiger partial charge in [0.15, 0.2) is 18.2 Å². The van der Waals surface area contributed by atoms with Gasteiger partial charge in [0.1, 0.15) is 6.54 Å². The average Bonchev–Trinajstić information content (AvgIpc) is 3.44. The fourth-order valence-corrected chi connectivity index (χ4v) is 5.24. The van der Waals surface area contributed by atoms with Crippen molar-refractivity contribution in [3.05, 3.63) is 35.9 Å². The third-order valence-electron chi connectivity index (χ3n) is 7.15. The maximum atomic E-state index is 13.3. The van der Waals surface area contributed by atoms with Gasteiger partial charge < -0.3 is 36.0 Å². The minimum Gasteiger partial charge on any atom is -1.00 e. The number of benzene rings is 1. The number of carbonyl (C=O) groups excluding carboxylic acids is 2. The van der Waals surface area contributed by atoms with Crippen LogP contribution in [0.5, 0.6) is 0 Å². The molecule has 0 radical (unpaired) electrons. The SMILES string of the molecule is CCCCCCOC(=O)C[N@@+]1(C)CC[C@@H](OC(=O)[C@](O)(c2ccccc2)C2CCCC2)C1.[Br-]. The van der Waals surface area contributed by atoms with Crippen molar-refractivity contribution in [2.75, 3.05) is 33.3 Å². The van der Waals surface area contributed by atoms with Crippen LogP contribution in [0.15, 0.2) is 30.3 Å². The van der Waals surface area contributed by atoms with Gasteiger partial charge >= 0.3 is 11.9 Å². The first-order valence-corrected chi connectivity index (χ1v) is 12.4. The second-order valence-corrected chi connectivity index (χ2v) is 9.89. The monoisotopic (exact) mass is 525 g/mol. The van der Waals surface area contributed by atoms with Crippen molar-refractivity contribution in [3.8, 4) is 0 Å². The van der Waals surface area contributed by atoms with Gasteiger partial charge in [0.2, 0.25) is 0 Å². The first-order valence-electron chi connectivity index (χ1n) is 12.4. The molecule has 0 bridgehead atoms. The van der Waals surface area contributed by atoms with E-state index in [9.17, 15) is 14.7 Å². The van der Waals surface area contributed by atoms with E-state index in [0.29, 0.717) is 29.6 Å². The van der Waals surface area contributed by atoms with Crippen molar-refractivity contribution in [2.24, 2.45) is 5.92 Å². The summed E-state index contributed by atoms with van der Waals surface area (Å²) >= 11 is 0. The molecule has 1 saturated heterocycles. The summed E-state index contributed by atoms with van der Waals surface area (Å²) in [4.78, 5) is 25.6. The molecule has 0 unspecified atom stereocenters.